The molecule has 3 heterocycles. The predicted molar refractivity (Wildman–Crippen MR) is 98.5 cm³/mol. The van der Waals surface area contributed by atoms with Gasteiger partial charge in [0.2, 0.25) is 0 Å². The highest BCUT2D eigenvalue weighted by molar-refractivity contribution is 5.70. The van der Waals surface area contributed by atoms with Gasteiger partial charge in [0.05, 0.1) is 5.69 Å². The molecule has 4 nitrogen and oxygen atoms in total. The van der Waals surface area contributed by atoms with Gasteiger partial charge in [0.1, 0.15) is 0 Å². The van der Waals surface area contributed by atoms with Gasteiger partial charge in [0.15, 0.2) is 0 Å². The second-order valence-corrected chi connectivity index (χ2v) is 5.61. The largest absolute Gasteiger partial charge is 0.283 e. The molecule has 0 N–H and O–H groups in total. The Morgan fingerprint density at radius 3 is 2.36 bits per heavy atom. The van der Waals surface area contributed by atoms with Crippen molar-refractivity contribution in [2.24, 2.45) is 0 Å². The zero-order valence-electron chi connectivity index (χ0n) is 13.4. The first kappa shape index (κ1) is 15.0. The van der Waals surface area contributed by atoms with Gasteiger partial charge < -0.3 is 0 Å². The Hall–Kier alpha value is -3.53. The minimum atomic E-state index is -0.0844. The molecule has 3 aromatic heterocycles. The lowest BCUT2D eigenvalue weighted by atomic mass is 10.1. The van der Waals surface area contributed by atoms with Crippen molar-refractivity contribution in [3.05, 3.63) is 102 Å². The molecular weight excluding hydrogens is 310 g/mol. The molecule has 0 spiro atoms. The lowest BCUT2D eigenvalue weighted by Gasteiger charge is -2.12. The molecule has 25 heavy (non-hydrogen) atoms. The van der Waals surface area contributed by atoms with Crippen LogP contribution < -0.4 is 5.56 Å². The van der Waals surface area contributed by atoms with Crippen LogP contribution in [0.4, 0.5) is 0 Å². The topological polar surface area (TPSA) is 47.8 Å². The van der Waals surface area contributed by atoms with Gasteiger partial charge in [-0.15, -0.1) is 0 Å². The summed E-state index contributed by atoms with van der Waals surface area (Å²) in [6.45, 7) is 0. The molecule has 0 bridgehead atoms. The van der Waals surface area contributed by atoms with Crippen molar-refractivity contribution in [3.8, 4) is 28.1 Å². The predicted octanol–water partition coefficient (Wildman–Crippen LogP) is 3.96. The van der Waals surface area contributed by atoms with Crippen LogP contribution in [0.25, 0.3) is 28.1 Å². The molecule has 0 unspecified atom stereocenters. The summed E-state index contributed by atoms with van der Waals surface area (Å²) in [7, 11) is 0. The number of hydrogen-bond acceptors (Lipinski definition) is 3. The Kier molecular flexibility index (Phi) is 3.92. The summed E-state index contributed by atoms with van der Waals surface area (Å²) in [5.74, 6) is 0. The summed E-state index contributed by atoms with van der Waals surface area (Å²) >= 11 is 0. The van der Waals surface area contributed by atoms with E-state index in [1.807, 2.05) is 72.9 Å². The first-order valence-corrected chi connectivity index (χ1v) is 7.97. The van der Waals surface area contributed by atoms with Crippen LogP contribution in [-0.4, -0.2) is 14.5 Å². The van der Waals surface area contributed by atoms with E-state index in [0.29, 0.717) is 5.56 Å². The van der Waals surface area contributed by atoms with Crippen LogP contribution in [0, 0.1) is 0 Å². The molecule has 0 saturated carbocycles. The number of rotatable bonds is 3. The van der Waals surface area contributed by atoms with Gasteiger partial charge in [-0.3, -0.25) is 19.3 Å². The second kappa shape index (κ2) is 6.53. The highest BCUT2D eigenvalue weighted by atomic mass is 16.1. The van der Waals surface area contributed by atoms with Gasteiger partial charge in [-0.05, 0) is 36.4 Å². The Labute approximate surface area is 145 Å². The van der Waals surface area contributed by atoms with E-state index in [4.69, 9.17) is 0 Å². The van der Waals surface area contributed by atoms with Crippen LogP contribution in [0.15, 0.2) is 96.3 Å². The average molecular weight is 325 g/mol. The van der Waals surface area contributed by atoms with Gasteiger partial charge in [0, 0.05) is 47.2 Å². The fourth-order valence-electron chi connectivity index (χ4n) is 2.76. The molecule has 0 amide bonds. The van der Waals surface area contributed by atoms with Gasteiger partial charge in [-0.25, -0.2) is 0 Å². The zero-order valence-corrected chi connectivity index (χ0v) is 13.4. The standard InChI is InChI=1S/C21H15N3O/c25-21-19(16-7-6-11-22-14-16)13-17(20-10-4-5-12-23-20)15-24(21)18-8-2-1-3-9-18/h1-15H. The molecule has 4 rings (SSSR count). The molecular formula is C21H15N3O. The number of aromatic nitrogens is 3. The monoisotopic (exact) mass is 325 g/mol. The first-order valence-electron chi connectivity index (χ1n) is 7.97. The van der Waals surface area contributed by atoms with Crippen molar-refractivity contribution < 1.29 is 0 Å². The van der Waals surface area contributed by atoms with Gasteiger partial charge in [-0.2, -0.15) is 0 Å². The van der Waals surface area contributed by atoms with E-state index in [1.165, 1.54) is 0 Å². The number of pyridine rings is 3. The number of hydrogen-bond donors (Lipinski definition) is 0. The molecule has 0 saturated heterocycles. The summed E-state index contributed by atoms with van der Waals surface area (Å²) in [4.78, 5) is 21.6. The third kappa shape index (κ3) is 2.97. The van der Waals surface area contributed by atoms with Crippen LogP contribution >= 0.6 is 0 Å². The normalized spacial score (nSPS) is 10.6. The number of benzene rings is 1. The molecule has 0 fully saturated rings. The molecule has 120 valence electrons. The average Bonchev–Trinajstić information content (AvgIpc) is 2.70. The SMILES string of the molecule is O=c1c(-c2cccnc2)cc(-c2ccccn2)cn1-c1ccccc1. The number of para-hydroxylation sites is 1. The molecule has 0 atom stereocenters. The molecule has 4 heteroatoms. The van der Waals surface area contributed by atoms with E-state index in [-0.39, 0.29) is 5.56 Å². The summed E-state index contributed by atoms with van der Waals surface area (Å²) in [6, 6.07) is 20.9. The van der Waals surface area contributed by atoms with Crippen molar-refractivity contribution in [2.45, 2.75) is 0 Å². The smallest absolute Gasteiger partial charge is 0.263 e. The quantitative estimate of drug-likeness (QED) is 0.573. The third-order valence-electron chi connectivity index (χ3n) is 3.98. The summed E-state index contributed by atoms with van der Waals surface area (Å²) in [5, 5.41) is 0. The van der Waals surface area contributed by atoms with Crippen molar-refractivity contribution in [1.82, 2.24) is 14.5 Å². The highest BCUT2D eigenvalue weighted by Crippen LogP contribution is 2.23. The molecule has 1 aromatic carbocycles. The third-order valence-corrected chi connectivity index (χ3v) is 3.98. The Morgan fingerprint density at radius 1 is 0.800 bits per heavy atom. The van der Waals surface area contributed by atoms with E-state index in [1.54, 1.807) is 23.2 Å². The van der Waals surface area contributed by atoms with E-state index in [2.05, 4.69) is 9.97 Å². The molecule has 0 aliphatic heterocycles. The van der Waals surface area contributed by atoms with Gasteiger partial charge in [0.25, 0.3) is 5.56 Å². The summed E-state index contributed by atoms with van der Waals surface area (Å²) in [5.41, 5.74) is 3.81. The fourth-order valence-corrected chi connectivity index (χ4v) is 2.76. The van der Waals surface area contributed by atoms with Crippen LogP contribution in [0.3, 0.4) is 0 Å². The minimum absolute atomic E-state index is 0.0844. The summed E-state index contributed by atoms with van der Waals surface area (Å²) in [6.07, 6.45) is 6.98. The second-order valence-electron chi connectivity index (χ2n) is 5.61. The van der Waals surface area contributed by atoms with E-state index >= 15 is 0 Å². The molecule has 0 aliphatic carbocycles. The Bertz CT molecular complexity index is 979. The maximum Gasteiger partial charge on any atom is 0.263 e. The minimum Gasteiger partial charge on any atom is -0.283 e. The first-order chi connectivity index (χ1) is 12.3. The van der Waals surface area contributed by atoms with Crippen molar-refractivity contribution in [2.75, 3.05) is 0 Å². The van der Waals surface area contributed by atoms with Crippen molar-refractivity contribution in [1.29, 1.82) is 0 Å². The fraction of sp³-hybridized carbons (Fsp3) is 0. The molecule has 0 aliphatic rings. The Morgan fingerprint density at radius 2 is 1.64 bits per heavy atom. The maximum atomic E-state index is 13.1. The van der Waals surface area contributed by atoms with Crippen LogP contribution in [0.1, 0.15) is 0 Å². The van der Waals surface area contributed by atoms with E-state index < -0.39 is 0 Å². The van der Waals surface area contributed by atoms with Gasteiger partial charge >= 0.3 is 0 Å². The van der Waals surface area contributed by atoms with Crippen LogP contribution in [-0.2, 0) is 0 Å². The van der Waals surface area contributed by atoms with Crippen molar-refractivity contribution >= 4 is 0 Å². The number of nitrogens with zero attached hydrogens (tertiary/aromatic N) is 3. The summed E-state index contributed by atoms with van der Waals surface area (Å²) < 4.78 is 1.66. The lowest BCUT2D eigenvalue weighted by molar-refractivity contribution is 0.993. The zero-order chi connectivity index (χ0) is 17.1. The highest BCUT2D eigenvalue weighted by Gasteiger charge is 2.12. The maximum absolute atomic E-state index is 13.1. The van der Waals surface area contributed by atoms with Gasteiger partial charge in [-0.1, -0.05) is 30.3 Å². The molecule has 4 aromatic rings. The van der Waals surface area contributed by atoms with E-state index in [0.717, 1.165) is 22.5 Å². The van der Waals surface area contributed by atoms with Crippen molar-refractivity contribution in [3.63, 3.8) is 0 Å². The lowest BCUT2D eigenvalue weighted by Crippen LogP contribution is -2.20. The molecule has 0 radical (unpaired) electrons. The Balaban J connectivity index is 2.00. The van der Waals surface area contributed by atoms with E-state index in [9.17, 15) is 4.79 Å². The van der Waals surface area contributed by atoms with Crippen LogP contribution in [0.2, 0.25) is 0 Å². The van der Waals surface area contributed by atoms with Crippen LogP contribution in [0.5, 0.6) is 0 Å².